The van der Waals surface area contributed by atoms with Gasteiger partial charge >= 0.3 is 0 Å². The Bertz CT molecular complexity index is 406. The van der Waals surface area contributed by atoms with Gasteiger partial charge in [0.2, 0.25) is 0 Å². The highest BCUT2D eigenvalue weighted by molar-refractivity contribution is 5.30. The van der Waals surface area contributed by atoms with Gasteiger partial charge in [0.15, 0.2) is 0 Å². The first-order valence-corrected chi connectivity index (χ1v) is 7.28. The molecule has 1 aromatic rings. The summed E-state index contributed by atoms with van der Waals surface area (Å²) < 4.78 is 0. The van der Waals surface area contributed by atoms with Gasteiger partial charge in [-0.2, -0.15) is 0 Å². The van der Waals surface area contributed by atoms with Crippen LogP contribution in [0.5, 0.6) is 0 Å². The molecule has 18 heavy (non-hydrogen) atoms. The molecule has 1 aliphatic carbocycles. The minimum absolute atomic E-state index is 0.454. The van der Waals surface area contributed by atoms with Crippen LogP contribution in [0.15, 0.2) is 18.2 Å². The van der Waals surface area contributed by atoms with Gasteiger partial charge in [0.1, 0.15) is 0 Å². The molecule has 1 nitrogen and oxygen atoms in total. The fourth-order valence-corrected chi connectivity index (χ4v) is 3.10. The minimum Gasteiger partial charge on any atom is -0.309 e. The number of hydrogen-bond acceptors (Lipinski definition) is 1. The SMILES string of the molecule is Cc1ccc(C)c(CNC2CCCCC2(C)C)c1. The van der Waals surface area contributed by atoms with Crippen molar-refractivity contribution in [2.24, 2.45) is 5.41 Å². The lowest BCUT2D eigenvalue weighted by atomic mass is 9.73. The van der Waals surface area contributed by atoms with Gasteiger partial charge in [-0.15, -0.1) is 0 Å². The van der Waals surface area contributed by atoms with Crippen LogP contribution in [0.1, 0.15) is 56.2 Å². The summed E-state index contributed by atoms with van der Waals surface area (Å²) in [5.41, 5.74) is 4.68. The number of aryl methyl sites for hydroxylation is 2. The molecule has 1 aromatic carbocycles. The average Bonchev–Trinajstić information content (AvgIpc) is 2.31. The summed E-state index contributed by atoms with van der Waals surface area (Å²) in [6.45, 7) is 10.2. The predicted molar refractivity (Wildman–Crippen MR) is 78.8 cm³/mol. The molecule has 0 saturated heterocycles. The van der Waals surface area contributed by atoms with Crippen LogP contribution in [-0.4, -0.2) is 6.04 Å². The molecule has 100 valence electrons. The number of nitrogens with one attached hydrogen (secondary N) is 1. The number of benzene rings is 1. The average molecular weight is 245 g/mol. The highest BCUT2D eigenvalue weighted by Crippen LogP contribution is 2.35. The van der Waals surface area contributed by atoms with Crippen molar-refractivity contribution < 1.29 is 0 Å². The van der Waals surface area contributed by atoms with Crippen molar-refractivity contribution in [1.82, 2.24) is 5.32 Å². The Labute approximate surface area is 112 Å². The van der Waals surface area contributed by atoms with Crippen LogP contribution in [-0.2, 0) is 6.54 Å². The Balaban J connectivity index is 2.00. The number of hydrogen-bond donors (Lipinski definition) is 1. The van der Waals surface area contributed by atoms with E-state index in [9.17, 15) is 0 Å². The topological polar surface area (TPSA) is 12.0 Å². The second-order valence-electron chi connectivity index (χ2n) is 6.60. The second kappa shape index (κ2) is 5.44. The molecule has 0 amide bonds. The molecule has 0 aromatic heterocycles. The maximum atomic E-state index is 3.80. The molecule has 1 aliphatic rings. The van der Waals surface area contributed by atoms with Crippen molar-refractivity contribution in [1.29, 1.82) is 0 Å². The van der Waals surface area contributed by atoms with Crippen molar-refractivity contribution in [3.63, 3.8) is 0 Å². The first-order valence-electron chi connectivity index (χ1n) is 7.28. The van der Waals surface area contributed by atoms with Crippen LogP contribution in [0.4, 0.5) is 0 Å². The molecule has 1 saturated carbocycles. The van der Waals surface area contributed by atoms with Crippen LogP contribution < -0.4 is 5.32 Å². The zero-order valence-electron chi connectivity index (χ0n) is 12.3. The van der Waals surface area contributed by atoms with Gasteiger partial charge in [0.05, 0.1) is 0 Å². The summed E-state index contributed by atoms with van der Waals surface area (Å²) in [4.78, 5) is 0. The number of rotatable bonds is 3. The van der Waals surface area contributed by atoms with Gasteiger partial charge in [-0.25, -0.2) is 0 Å². The van der Waals surface area contributed by atoms with E-state index in [0.29, 0.717) is 11.5 Å². The highest BCUT2D eigenvalue weighted by atomic mass is 14.9. The van der Waals surface area contributed by atoms with Crippen LogP contribution in [0.25, 0.3) is 0 Å². The molecule has 0 bridgehead atoms. The monoisotopic (exact) mass is 245 g/mol. The lowest BCUT2D eigenvalue weighted by Gasteiger charge is -2.39. The first kappa shape index (κ1) is 13.6. The standard InChI is InChI=1S/C17H27N/c1-13-8-9-14(2)15(11-13)12-18-16-7-5-6-10-17(16,3)4/h8-9,11,16,18H,5-7,10,12H2,1-4H3. The molecule has 1 fully saturated rings. The van der Waals surface area contributed by atoms with Crippen LogP contribution >= 0.6 is 0 Å². The third-order valence-corrected chi connectivity index (χ3v) is 4.55. The highest BCUT2D eigenvalue weighted by Gasteiger charge is 2.31. The van der Waals surface area contributed by atoms with Gasteiger partial charge in [0.25, 0.3) is 0 Å². The Hall–Kier alpha value is -0.820. The summed E-state index contributed by atoms with van der Waals surface area (Å²) >= 11 is 0. The molecule has 1 N–H and O–H groups in total. The van der Waals surface area contributed by atoms with E-state index in [1.807, 2.05) is 0 Å². The predicted octanol–water partition coefficient (Wildman–Crippen LogP) is 4.36. The summed E-state index contributed by atoms with van der Waals surface area (Å²) in [7, 11) is 0. The molecule has 1 heteroatoms. The summed E-state index contributed by atoms with van der Waals surface area (Å²) in [5, 5.41) is 3.80. The zero-order valence-corrected chi connectivity index (χ0v) is 12.3. The van der Waals surface area contributed by atoms with Crippen molar-refractivity contribution in [3.8, 4) is 0 Å². The van der Waals surface area contributed by atoms with E-state index in [1.54, 1.807) is 0 Å². The minimum atomic E-state index is 0.454. The molecule has 2 rings (SSSR count). The van der Waals surface area contributed by atoms with Crippen molar-refractivity contribution >= 4 is 0 Å². The van der Waals surface area contributed by atoms with E-state index >= 15 is 0 Å². The van der Waals surface area contributed by atoms with Gasteiger partial charge in [-0.05, 0) is 43.2 Å². The zero-order chi connectivity index (χ0) is 13.2. The third-order valence-electron chi connectivity index (χ3n) is 4.55. The van der Waals surface area contributed by atoms with Crippen LogP contribution in [0.2, 0.25) is 0 Å². The normalized spacial score (nSPS) is 23.0. The van der Waals surface area contributed by atoms with Gasteiger partial charge in [-0.3, -0.25) is 0 Å². The first-order chi connectivity index (χ1) is 8.49. The van der Waals surface area contributed by atoms with E-state index in [4.69, 9.17) is 0 Å². The van der Waals surface area contributed by atoms with E-state index in [0.717, 1.165) is 6.54 Å². The van der Waals surface area contributed by atoms with Crippen LogP contribution in [0.3, 0.4) is 0 Å². The van der Waals surface area contributed by atoms with E-state index in [1.165, 1.54) is 42.4 Å². The Morgan fingerprint density at radius 3 is 2.72 bits per heavy atom. The maximum absolute atomic E-state index is 3.80. The lowest BCUT2D eigenvalue weighted by Crippen LogP contribution is -2.43. The molecule has 0 aliphatic heterocycles. The fraction of sp³-hybridized carbons (Fsp3) is 0.647. The summed E-state index contributed by atoms with van der Waals surface area (Å²) in [6.07, 6.45) is 5.47. The third kappa shape index (κ3) is 3.14. The van der Waals surface area contributed by atoms with Crippen molar-refractivity contribution in [3.05, 3.63) is 34.9 Å². The van der Waals surface area contributed by atoms with E-state index in [-0.39, 0.29) is 0 Å². The van der Waals surface area contributed by atoms with Crippen molar-refractivity contribution in [2.45, 2.75) is 66.0 Å². The summed E-state index contributed by atoms with van der Waals surface area (Å²) in [6, 6.07) is 7.42. The quantitative estimate of drug-likeness (QED) is 0.834. The molecule has 1 unspecified atom stereocenters. The van der Waals surface area contributed by atoms with Gasteiger partial charge < -0.3 is 5.32 Å². The Morgan fingerprint density at radius 1 is 1.22 bits per heavy atom. The Kier molecular flexibility index (Phi) is 4.11. The molecular weight excluding hydrogens is 218 g/mol. The van der Waals surface area contributed by atoms with Crippen molar-refractivity contribution in [2.75, 3.05) is 0 Å². The maximum Gasteiger partial charge on any atom is 0.0211 e. The molecular formula is C17H27N. The van der Waals surface area contributed by atoms with Crippen LogP contribution in [0, 0.1) is 19.3 Å². The molecule has 0 spiro atoms. The lowest BCUT2D eigenvalue weighted by molar-refractivity contribution is 0.166. The van der Waals surface area contributed by atoms with E-state index < -0.39 is 0 Å². The second-order valence-corrected chi connectivity index (χ2v) is 6.60. The van der Waals surface area contributed by atoms with E-state index in [2.05, 4.69) is 51.2 Å². The van der Waals surface area contributed by atoms with Gasteiger partial charge in [-0.1, -0.05) is 50.5 Å². The van der Waals surface area contributed by atoms with Gasteiger partial charge in [0, 0.05) is 12.6 Å². The fourth-order valence-electron chi connectivity index (χ4n) is 3.10. The summed E-state index contributed by atoms with van der Waals surface area (Å²) in [5.74, 6) is 0. The molecule has 1 atom stereocenters. The molecule has 0 radical (unpaired) electrons. The molecule has 0 heterocycles. The Morgan fingerprint density at radius 2 is 2.00 bits per heavy atom. The largest absolute Gasteiger partial charge is 0.309 e. The smallest absolute Gasteiger partial charge is 0.0211 e.